The number of benzene rings is 3. The number of carbonyl (C=O) groups excluding carboxylic acids is 1. The maximum Gasteiger partial charge on any atom is 0.319 e. The van der Waals surface area contributed by atoms with E-state index in [4.69, 9.17) is 14.2 Å². The summed E-state index contributed by atoms with van der Waals surface area (Å²) < 4.78 is 16.6. The van der Waals surface area contributed by atoms with Crippen molar-refractivity contribution >= 4 is 5.97 Å². The Morgan fingerprint density at radius 3 is 2.44 bits per heavy atom. The highest BCUT2D eigenvalue weighted by molar-refractivity contribution is 5.83. The zero-order valence-corrected chi connectivity index (χ0v) is 15.1. The summed E-state index contributed by atoms with van der Waals surface area (Å²) in [5.74, 6) is 1.49. The molecule has 0 radical (unpaired) electrons. The van der Waals surface area contributed by atoms with Crippen LogP contribution in [0.4, 0.5) is 0 Å². The fourth-order valence-corrected chi connectivity index (χ4v) is 3.20. The van der Waals surface area contributed by atoms with Crippen molar-refractivity contribution in [3.63, 3.8) is 0 Å². The van der Waals surface area contributed by atoms with Crippen LogP contribution in [0.5, 0.6) is 17.2 Å². The van der Waals surface area contributed by atoms with E-state index in [-0.39, 0.29) is 11.9 Å². The van der Waals surface area contributed by atoms with E-state index in [0.717, 1.165) is 22.4 Å². The van der Waals surface area contributed by atoms with E-state index in [0.29, 0.717) is 24.5 Å². The van der Waals surface area contributed by atoms with Crippen LogP contribution in [0, 0.1) is 0 Å². The molecule has 4 nitrogen and oxygen atoms in total. The van der Waals surface area contributed by atoms with Crippen LogP contribution >= 0.6 is 0 Å². The molecule has 4 heteroatoms. The lowest BCUT2D eigenvalue weighted by molar-refractivity contribution is -0.137. The predicted octanol–water partition coefficient (Wildman–Crippen LogP) is 4.52. The van der Waals surface area contributed by atoms with Crippen molar-refractivity contribution in [2.75, 3.05) is 7.11 Å². The SMILES string of the molecule is COc1ccc(C2Cc3ccc(OCc4ccccc4)cc3OC2=O)cc1. The van der Waals surface area contributed by atoms with E-state index in [1.54, 1.807) is 13.2 Å². The molecule has 0 aliphatic carbocycles. The molecule has 27 heavy (non-hydrogen) atoms. The largest absolute Gasteiger partial charge is 0.497 e. The van der Waals surface area contributed by atoms with Gasteiger partial charge in [0.25, 0.3) is 0 Å². The van der Waals surface area contributed by atoms with Gasteiger partial charge in [-0.3, -0.25) is 4.79 Å². The number of methoxy groups -OCH3 is 1. The second-order valence-electron chi connectivity index (χ2n) is 6.49. The van der Waals surface area contributed by atoms with Gasteiger partial charge in [0.05, 0.1) is 13.0 Å². The van der Waals surface area contributed by atoms with Crippen molar-refractivity contribution in [1.82, 2.24) is 0 Å². The van der Waals surface area contributed by atoms with Crippen molar-refractivity contribution in [2.24, 2.45) is 0 Å². The molecule has 0 aromatic heterocycles. The van der Waals surface area contributed by atoms with Gasteiger partial charge in [0.15, 0.2) is 0 Å². The topological polar surface area (TPSA) is 44.8 Å². The zero-order valence-electron chi connectivity index (χ0n) is 15.1. The maximum atomic E-state index is 12.5. The number of fused-ring (bicyclic) bond motifs is 1. The maximum absolute atomic E-state index is 12.5. The normalized spacial score (nSPS) is 15.6. The number of hydrogen-bond donors (Lipinski definition) is 0. The van der Waals surface area contributed by atoms with Crippen LogP contribution < -0.4 is 14.2 Å². The summed E-state index contributed by atoms with van der Waals surface area (Å²) in [7, 11) is 1.62. The number of carbonyl (C=O) groups is 1. The lowest BCUT2D eigenvalue weighted by Crippen LogP contribution is -2.25. The second kappa shape index (κ2) is 7.54. The third kappa shape index (κ3) is 3.80. The number of rotatable bonds is 5. The smallest absolute Gasteiger partial charge is 0.319 e. The summed E-state index contributed by atoms with van der Waals surface area (Å²) in [5, 5.41) is 0. The third-order valence-electron chi connectivity index (χ3n) is 4.72. The van der Waals surface area contributed by atoms with E-state index in [2.05, 4.69) is 0 Å². The molecular formula is C23H20O4. The van der Waals surface area contributed by atoms with Gasteiger partial charge in [-0.25, -0.2) is 0 Å². The first-order chi connectivity index (χ1) is 13.2. The first-order valence-corrected chi connectivity index (χ1v) is 8.88. The Kier molecular flexibility index (Phi) is 4.79. The van der Waals surface area contributed by atoms with Gasteiger partial charge in [-0.15, -0.1) is 0 Å². The average Bonchev–Trinajstić information content (AvgIpc) is 2.72. The van der Waals surface area contributed by atoms with Gasteiger partial charge >= 0.3 is 5.97 Å². The van der Waals surface area contributed by atoms with Crippen LogP contribution in [0.15, 0.2) is 72.8 Å². The first kappa shape index (κ1) is 17.2. The van der Waals surface area contributed by atoms with Crippen molar-refractivity contribution in [3.05, 3.63) is 89.5 Å². The molecule has 0 N–H and O–H groups in total. The molecule has 0 fully saturated rings. The minimum atomic E-state index is -0.306. The fourth-order valence-electron chi connectivity index (χ4n) is 3.20. The number of ether oxygens (including phenoxy) is 3. The molecule has 0 saturated heterocycles. The highest BCUT2D eigenvalue weighted by Gasteiger charge is 2.30. The van der Waals surface area contributed by atoms with E-state index in [9.17, 15) is 4.79 Å². The molecule has 1 atom stereocenters. The monoisotopic (exact) mass is 360 g/mol. The van der Waals surface area contributed by atoms with Gasteiger partial charge in [-0.2, -0.15) is 0 Å². The van der Waals surface area contributed by atoms with Crippen molar-refractivity contribution in [3.8, 4) is 17.2 Å². The van der Waals surface area contributed by atoms with Crippen LogP contribution in [0.3, 0.4) is 0 Å². The molecule has 4 rings (SSSR count). The van der Waals surface area contributed by atoms with Crippen LogP contribution in [0.25, 0.3) is 0 Å². The minimum Gasteiger partial charge on any atom is -0.497 e. The summed E-state index contributed by atoms with van der Waals surface area (Å²) in [5.41, 5.74) is 3.02. The Bertz CT molecular complexity index is 932. The van der Waals surface area contributed by atoms with Crippen LogP contribution in [0.1, 0.15) is 22.6 Å². The summed E-state index contributed by atoms with van der Waals surface area (Å²) in [6, 6.07) is 23.2. The van der Waals surface area contributed by atoms with Gasteiger partial charge < -0.3 is 14.2 Å². The first-order valence-electron chi connectivity index (χ1n) is 8.88. The highest BCUT2D eigenvalue weighted by atomic mass is 16.5. The van der Waals surface area contributed by atoms with Gasteiger partial charge in [-0.05, 0) is 41.3 Å². The van der Waals surface area contributed by atoms with E-state index < -0.39 is 0 Å². The minimum absolute atomic E-state index is 0.243. The van der Waals surface area contributed by atoms with E-state index >= 15 is 0 Å². The lowest BCUT2D eigenvalue weighted by atomic mass is 9.89. The van der Waals surface area contributed by atoms with Crippen molar-refractivity contribution < 1.29 is 19.0 Å². The Labute approximate surface area is 158 Å². The Balaban J connectivity index is 1.49. The van der Waals surface area contributed by atoms with E-state index in [1.807, 2.05) is 66.7 Å². The van der Waals surface area contributed by atoms with Crippen LogP contribution in [0.2, 0.25) is 0 Å². The van der Waals surface area contributed by atoms with Crippen LogP contribution in [-0.4, -0.2) is 13.1 Å². The third-order valence-corrected chi connectivity index (χ3v) is 4.72. The lowest BCUT2D eigenvalue weighted by Gasteiger charge is -2.24. The number of hydrogen-bond acceptors (Lipinski definition) is 4. The molecule has 0 bridgehead atoms. The molecule has 136 valence electrons. The molecule has 1 unspecified atom stereocenters. The zero-order chi connectivity index (χ0) is 18.6. The molecule has 0 saturated carbocycles. The molecule has 3 aromatic carbocycles. The predicted molar refractivity (Wildman–Crippen MR) is 102 cm³/mol. The molecule has 3 aromatic rings. The van der Waals surface area contributed by atoms with Gasteiger partial charge in [0.1, 0.15) is 23.9 Å². The van der Waals surface area contributed by atoms with Crippen molar-refractivity contribution in [2.45, 2.75) is 18.9 Å². The summed E-state index contributed by atoms with van der Waals surface area (Å²) >= 11 is 0. The molecule has 0 amide bonds. The van der Waals surface area contributed by atoms with Crippen LogP contribution in [-0.2, 0) is 17.8 Å². The van der Waals surface area contributed by atoms with Crippen molar-refractivity contribution in [1.29, 1.82) is 0 Å². The highest BCUT2D eigenvalue weighted by Crippen LogP contribution is 2.36. The summed E-state index contributed by atoms with van der Waals surface area (Å²) in [6.45, 7) is 0.474. The standard InChI is InChI=1S/C23H20O4/c1-25-19-10-7-17(8-11-19)21-13-18-9-12-20(14-22(18)27-23(21)24)26-15-16-5-3-2-4-6-16/h2-12,14,21H,13,15H2,1H3. The average molecular weight is 360 g/mol. The molecular weight excluding hydrogens is 340 g/mol. The van der Waals surface area contributed by atoms with Gasteiger partial charge in [-0.1, -0.05) is 48.5 Å². The quantitative estimate of drug-likeness (QED) is 0.496. The molecule has 1 aliphatic heterocycles. The Morgan fingerprint density at radius 1 is 0.963 bits per heavy atom. The number of esters is 1. The molecule has 1 aliphatic rings. The molecule has 0 spiro atoms. The Morgan fingerprint density at radius 2 is 1.70 bits per heavy atom. The second-order valence-corrected chi connectivity index (χ2v) is 6.49. The van der Waals surface area contributed by atoms with Gasteiger partial charge in [0.2, 0.25) is 0 Å². The van der Waals surface area contributed by atoms with E-state index in [1.165, 1.54) is 0 Å². The van der Waals surface area contributed by atoms with Gasteiger partial charge in [0, 0.05) is 6.07 Å². The fraction of sp³-hybridized carbons (Fsp3) is 0.174. The molecule has 1 heterocycles. The summed E-state index contributed by atoms with van der Waals surface area (Å²) in [4.78, 5) is 12.5. The Hall–Kier alpha value is -3.27. The summed E-state index contributed by atoms with van der Waals surface area (Å²) in [6.07, 6.45) is 0.611.